The van der Waals surface area contributed by atoms with Crippen LogP contribution in [-0.2, 0) is 24.2 Å². The molecule has 7 nitrogen and oxygen atoms in total. The fourth-order valence-electron chi connectivity index (χ4n) is 3.90. The molecule has 2 aromatic carbocycles. The number of hydrogen-bond acceptors (Lipinski definition) is 4. The third-order valence-corrected chi connectivity index (χ3v) is 5.72. The van der Waals surface area contributed by atoms with Crippen LogP contribution in [0.2, 0.25) is 0 Å². The van der Waals surface area contributed by atoms with Crippen molar-refractivity contribution in [1.82, 2.24) is 15.5 Å². The minimum atomic E-state index is 0.220. The molecule has 0 spiro atoms. The molecule has 172 valence electrons. The Morgan fingerprint density at radius 2 is 1.78 bits per heavy atom. The van der Waals surface area contributed by atoms with E-state index in [1.165, 1.54) is 11.1 Å². The maximum atomic E-state index is 12.6. The molecule has 0 saturated carbocycles. The van der Waals surface area contributed by atoms with Gasteiger partial charge in [0.2, 0.25) is 5.91 Å². The number of ether oxygens (including phenoxy) is 2. The van der Waals surface area contributed by atoms with Gasteiger partial charge in [-0.1, -0.05) is 30.3 Å². The number of amides is 1. The average Bonchev–Trinajstić information content (AvgIpc) is 2.84. The molecular weight excluding hydrogens is 404 g/mol. The van der Waals surface area contributed by atoms with Crippen LogP contribution >= 0.6 is 0 Å². The Morgan fingerprint density at radius 3 is 2.53 bits per heavy atom. The fourth-order valence-corrected chi connectivity index (χ4v) is 3.90. The fraction of sp³-hybridized carbons (Fsp3) is 0.440. The van der Waals surface area contributed by atoms with E-state index >= 15 is 0 Å². The van der Waals surface area contributed by atoms with Gasteiger partial charge in [0, 0.05) is 39.6 Å². The lowest BCUT2D eigenvalue weighted by atomic mass is 9.99. The van der Waals surface area contributed by atoms with Crippen molar-refractivity contribution < 1.29 is 14.3 Å². The van der Waals surface area contributed by atoms with Crippen LogP contribution < -0.4 is 20.1 Å². The highest BCUT2D eigenvalue weighted by atomic mass is 16.5. The number of methoxy groups -OCH3 is 2. The second kappa shape index (κ2) is 12.0. The molecule has 7 heteroatoms. The van der Waals surface area contributed by atoms with Crippen LogP contribution in [0.5, 0.6) is 11.5 Å². The van der Waals surface area contributed by atoms with Gasteiger partial charge >= 0.3 is 0 Å². The zero-order chi connectivity index (χ0) is 22.8. The number of nitrogens with one attached hydrogen (secondary N) is 2. The molecule has 2 N–H and O–H groups in total. The predicted molar refractivity (Wildman–Crippen MR) is 127 cm³/mol. The standard InChI is InChI=1S/C25H34N4O3/c1-26-25(28-15-12-19-10-11-22(31-2)23(17-19)32-3)27-14-6-9-24(30)29-16-13-20-7-4-5-8-21(20)18-29/h4-5,7-8,10-11,17H,6,9,12-16,18H2,1-3H3,(H2,26,27,28). The second-order valence-corrected chi connectivity index (χ2v) is 7.80. The number of carbonyl (C=O) groups excluding carboxylic acids is 1. The highest BCUT2D eigenvalue weighted by molar-refractivity contribution is 5.80. The molecule has 0 fully saturated rings. The number of rotatable bonds is 9. The Morgan fingerprint density at radius 1 is 1.03 bits per heavy atom. The quantitative estimate of drug-likeness (QED) is 0.358. The van der Waals surface area contributed by atoms with Crippen molar-refractivity contribution >= 4 is 11.9 Å². The summed E-state index contributed by atoms with van der Waals surface area (Å²) in [6.45, 7) is 2.97. The van der Waals surface area contributed by atoms with E-state index in [0.717, 1.165) is 61.9 Å². The number of fused-ring (bicyclic) bond motifs is 1. The van der Waals surface area contributed by atoms with Gasteiger partial charge in [-0.25, -0.2) is 0 Å². The largest absolute Gasteiger partial charge is 0.493 e. The van der Waals surface area contributed by atoms with Gasteiger partial charge in [0.1, 0.15) is 0 Å². The van der Waals surface area contributed by atoms with E-state index in [9.17, 15) is 4.79 Å². The first-order valence-corrected chi connectivity index (χ1v) is 11.1. The van der Waals surface area contributed by atoms with E-state index in [1.54, 1.807) is 21.3 Å². The summed E-state index contributed by atoms with van der Waals surface area (Å²) in [5.74, 6) is 2.42. The molecule has 0 unspecified atom stereocenters. The van der Waals surface area contributed by atoms with Gasteiger partial charge in [-0.05, 0) is 48.1 Å². The predicted octanol–water partition coefficient (Wildman–Crippen LogP) is 2.78. The SMILES string of the molecule is CN=C(NCCCC(=O)N1CCc2ccccc2C1)NCCc1ccc(OC)c(OC)c1. The van der Waals surface area contributed by atoms with E-state index in [2.05, 4.69) is 33.8 Å². The number of aliphatic imine (C=N–C) groups is 1. The number of nitrogens with zero attached hydrogens (tertiary/aromatic N) is 2. The minimum absolute atomic E-state index is 0.220. The molecule has 0 atom stereocenters. The highest BCUT2D eigenvalue weighted by Gasteiger charge is 2.19. The molecule has 1 heterocycles. The summed E-state index contributed by atoms with van der Waals surface area (Å²) in [5.41, 5.74) is 3.78. The van der Waals surface area contributed by atoms with Gasteiger partial charge in [0.25, 0.3) is 0 Å². The smallest absolute Gasteiger partial charge is 0.222 e. The third kappa shape index (κ3) is 6.39. The van der Waals surface area contributed by atoms with Crippen molar-refractivity contribution in [3.8, 4) is 11.5 Å². The van der Waals surface area contributed by atoms with Crippen molar-refractivity contribution in [2.75, 3.05) is 40.9 Å². The summed E-state index contributed by atoms with van der Waals surface area (Å²) >= 11 is 0. The van der Waals surface area contributed by atoms with Gasteiger partial charge in [0.05, 0.1) is 14.2 Å². The summed E-state index contributed by atoms with van der Waals surface area (Å²) in [4.78, 5) is 18.8. The second-order valence-electron chi connectivity index (χ2n) is 7.80. The van der Waals surface area contributed by atoms with Crippen LogP contribution in [-0.4, -0.2) is 57.7 Å². The number of carbonyl (C=O) groups is 1. The van der Waals surface area contributed by atoms with E-state index in [-0.39, 0.29) is 5.91 Å². The Hall–Kier alpha value is -3.22. The Balaban J connectivity index is 1.35. The molecule has 0 bridgehead atoms. The first-order valence-electron chi connectivity index (χ1n) is 11.1. The lowest BCUT2D eigenvalue weighted by molar-refractivity contribution is -0.132. The van der Waals surface area contributed by atoms with Gasteiger partial charge in [-0.2, -0.15) is 0 Å². The lowest BCUT2D eigenvalue weighted by Crippen LogP contribution is -2.39. The van der Waals surface area contributed by atoms with Crippen LogP contribution in [0.1, 0.15) is 29.5 Å². The van der Waals surface area contributed by atoms with Crippen LogP contribution in [0.25, 0.3) is 0 Å². The van der Waals surface area contributed by atoms with E-state index in [4.69, 9.17) is 9.47 Å². The highest BCUT2D eigenvalue weighted by Crippen LogP contribution is 2.27. The summed E-state index contributed by atoms with van der Waals surface area (Å²) in [7, 11) is 5.02. The van der Waals surface area contributed by atoms with E-state index in [1.807, 2.05) is 29.2 Å². The molecule has 0 saturated heterocycles. The molecular formula is C25H34N4O3. The van der Waals surface area contributed by atoms with Gasteiger partial charge in [0.15, 0.2) is 17.5 Å². The molecule has 32 heavy (non-hydrogen) atoms. The van der Waals surface area contributed by atoms with Crippen molar-refractivity contribution in [1.29, 1.82) is 0 Å². The maximum absolute atomic E-state index is 12.6. The van der Waals surface area contributed by atoms with Crippen LogP contribution in [0, 0.1) is 0 Å². The topological polar surface area (TPSA) is 75.2 Å². The molecule has 0 aromatic heterocycles. The summed E-state index contributed by atoms with van der Waals surface area (Å²) < 4.78 is 10.6. The summed E-state index contributed by atoms with van der Waals surface area (Å²) in [5, 5.41) is 6.61. The van der Waals surface area contributed by atoms with Crippen molar-refractivity contribution in [3.63, 3.8) is 0 Å². The molecule has 2 aromatic rings. The Bertz CT molecular complexity index is 929. The van der Waals surface area contributed by atoms with Gasteiger partial charge in [-0.3, -0.25) is 9.79 Å². The minimum Gasteiger partial charge on any atom is -0.493 e. The average molecular weight is 439 g/mol. The van der Waals surface area contributed by atoms with Gasteiger partial charge < -0.3 is 25.0 Å². The number of hydrogen-bond donors (Lipinski definition) is 2. The van der Waals surface area contributed by atoms with Crippen LogP contribution in [0.15, 0.2) is 47.5 Å². The molecule has 0 radical (unpaired) electrons. The zero-order valence-corrected chi connectivity index (χ0v) is 19.3. The normalized spacial score (nSPS) is 13.3. The Labute approximate surface area is 190 Å². The molecule has 1 amide bonds. The first kappa shape index (κ1) is 23.4. The molecule has 1 aliphatic heterocycles. The number of benzene rings is 2. The van der Waals surface area contributed by atoms with Crippen molar-refractivity contribution in [3.05, 3.63) is 59.2 Å². The Kier molecular flexibility index (Phi) is 8.78. The van der Waals surface area contributed by atoms with E-state index in [0.29, 0.717) is 13.0 Å². The zero-order valence-electron chi connectivity index (χ0n) is 19.3. The molecule has 0 aliphatic carbocycles. The van der Waals surface area contributed by atoms with Gasteiger partial charge in [-0.15, -0.1) is 0 Å². The lowest BCUT2D eigenvalue weighted by Gasteiger charge is -2.29. The number of guanidine groups is 1. The monoisotopic (exact) mass is 438 g/mol. The van der Waals surface area contributed by atoms with E-state index < -0.39 is 0 Å². The first-order chi connectivity index (χ1) is 15.6. The van der Waals surface area contributed by atoms with Crippen LogP contribution in [0.3, 0.4) is 0 Å². The summed E-state index contributed by atoms with van der Waals surface area (Å²) in [6.07, 6.45) is 3.08. The molecule has 3 rings (SSSR count). The van der Waals surface area contributed by atoms with Crippen molar-refractivity contribution in [2.45, 2.75) is 32.2 Å². The van der Waals surface area contributed by atoms with Crippen molar-refractivity contribution in [2.24, 2.45) is 4.99 Å². The summed E-state index contributed by atoms with van der Waals surface area (Å²) in [6, 6.07) is 14.3. The van der Waals surface area contributed by atoms with Crippen LogP contribution in [0.4, 0.5) is 0 Å². The third-order valence-electron chi connectivity index (χ3n) is 5.72. The maximum Gasteiger partial charge on any atom is 0.222 e. The molecule has 1 aliphatic rings.